The lowest BCUT2D eigenvalue weighted by Gasteiger charge is -2.21. The molecule has 0 saturated carbocycles. The Hall–Kier alpha value is -0.480. The van der Waals surface area contributed by atoms with Crippen molar-refractivity contribution in [1.82, 2.24) is 0 Å². The van der Waals surface area contributed by atoms with E-state index in [1.54, 1.807) is 11.9 Å². The number of para-hydroxylation sites is 1. The minimum atomic E-state index is 0. The van der Waals surface area contributed by atoms with Crippen LogP contribution in [0.2, 0.25) is 0 Å². The van der Waals surface area contributed by atoms with Gasteiger partial charge in [0.2, 0.25) is 0 Å². The van der Waals surface area contributed by atoms with E-state index in [0.29, 0.717) is 18.3 Å². The highest BCUT2D eigenvalue weighted by Gasteiger charge is 2.17. The first-order chi connectivity index (χ1) is 8.69. The van der Waals surface area contributed by atoms with E-state index in [2.05, 4.69) is 0 Å². The molecule has 0 atom stereocenters. The minimum Gasteiger partial charge on any atom is -1.00 e. The van der Waals surface area contributed by atoms with Crippen LogP contribution in [0.1, 0.15) is 0 Å². The predicted octanol–water partition coefficient (Wildman–Crippen LogP) is -1.98. The summed E-state index contributed by atoms with van der Waals surface area (Å²) in [7, 11) is 1.79. The molecule has 19 heavy (non-hydrogen) atoms. The van der Waals surface area contributed by atoms with Gasteiger partial charge in [0, 0.05) is 12.7 Å². The summed E-state index contributed by atoms with van der Waals surface area (Å²) in [6, 6.07) is 9.60. The molecular formula is C13H19Cl3N2O. The van der Waals surface area contributed by atoms with Crippen LogP contribution in [-0.4, -0.2) is 44.3 Å². The number of quaternary nitrogens is 1. The number of amides is 1. The average Bonchev–Trinajstić information content (AvgIpc) is 2.39. The van der Waals surface area contributed by atoms with Gasteiger partial charge in [-0.3, -0.25) is 4.79 Å². The zero-order valence-corrected chi connectivity index (χ0v) is 13.2. The Bertz CT molecular complexity index is 356. The van der Waals surface area contributed by atoms with Gasteiger partial charge >= 0.3 is 0 Å². The lowest BCUT2D eigenvalue weighted by atomic mass is 10.3. The molecule has 1 N–H and O–H groups in total. The first-order valence-corrected chi connectivity index (χ1v) is 7.03. The fraction of sp³-hybridized carbons (Fsp3) is 0.462. The maximum absolute atomic E-state index is 12.1. The fourth-order valence-corrected chi connectivity index (χ4v) is 2.23. The molecule has 0 heterocycles. The molecule has 0 radical (unpaired) electrons. The van der Waals surface area contributed by atoms with Crippen LogP contribution in [0.15, 0.2) is 30.3 Å². The minimum absolute atomic E-state index is 0. The van der Waals surface area contributed by atoms with Crippen LogP contribution >= 0.6 is 23.2 Å². The first kappa shape index (κ1) is 18.5. The van der Waals surface area contributed by atoms with E-state index in [4.69, 9.17) is 23.2 Å². The summed E-state index contributed by atoms with van der Waals surface area (Å²) < 4.78 is 0. The third kappa shape index (κ3) is 6.48. The summed E-state index contributed by atoms with van der Waals surface area (Å²) in [4.78, 5) is 14.9. The van der Waals surface area contributed by atoms with Gasteiger partial charge in [0.15, 0.2) is 6.54 Å². The second kappa shape index (κ2) is 10.3. The molecule has 3 nitrogen and oxygen atoms in total. The average molecular weight is 326 g/mol. The molecule has 0 aromatic heterocycles. The lowest BCUT2D eigenvalue weighted by molar-refractivity contribution is -0.886. The number of benzene rings is 1. The second-order valence-corrected chi connectivity index (χ2v) is 4.85. The van der Waals surface area contributed by atoms with Gasteiger partial charge < -0.3 is 22.2 Å². The number of carbonyl (C=O) groups is 1. The number of nitrogens with zero attached hydrogens (tertiary/aromatic N) is 1. The predicted molar refractivity (Wildman–Crippen MR) is 76.9 cm³/mol. The van der Waals surface area contributed by atoms with Crippen molar-refractivity contribution >= 4 is 34.8 Å². The number of halogens is 3. The SMILES string of the molecule is CN(C(=O)C[NH+](CCCl)CCCl)c1ccccc1.[Cl-]. The van der Waals surface area contributed by atoms with Gasteiger partial charge in [0.05, 0.1) is 24.8 Å². The van der Waals surface area contributed by atoms with E-state index >= 15 is 0 Å². The number of anilines is 1. The van der Waals surface area contributed by atoms with Crippen molar-refractivity contribution in [2.24, 2.45) is 0 Å². The monoisotopic (exact) mass is 324 g/mol. The molecule has 0 aliphatic carbocycles. The fourth-order valence-electron chi connectivity index (χ4n) is 1.70. The third-order valence-electron chi connectivity index (χ3n) is 2.81. The highest BCUT2D eigenvalue weighted by molar-refractivity contribution is 6.18. The van der Waals surface area contributed by atoms with Crippen molar-refractivity contribution in [1.29, 1.82) is 0 Å². The summed E-state index contributed by atoms with van der Waals surface area (Å²) in [6.45, 7) is 1.93. The Labute approximate surface area is 130 Å². The highest BCUT2D eigenvalue weighted by Crippen LogP contribution is 2.10. The number of rotatable bonds is 7. The number of likely N-dealkylation sites (N-methyl/N-ethyl adjacent to an activating group) is 1. The summed E-state index contributed by atoms with van der Waals surface area (Å²) in [5.41, 5.74) is 0.901. The smallest absolute Gasteiger partial charge is 0.281 e. The van der Waals surface area contributed by atoms with Crippen molar-refractivity contribution in [3.8, 4) is 0 Å². The Morgan fingerprint density at radius 2 is 1.68 bits per heavy atom. The zero-order valence-electron chi connectivity index (χ0n) is 10.9. The van der Waals surface area contributed by atoms with Crippen molar-refractivity contribution in [3.63, 3.8) is 0 Å². The van der Waals surface area contributed by atoms with Gasteiger partial charge in [0.1, 0.15) is 0 Å². The molecule has 0 fully saturated rings. The second-order valence-electron chi connectivity index (χ2n) is 4.09. The van der Waals surface area contributed by atoms with Crippen LogP contribution in [0.5, 0.6) is 0 Å². The molecule has 0 unspecified atom stereocenters. The molecule has 6 heteroatoms. The van der Waals surface area contributed by atoms with Crippen LogP contribution in [0.4, 0.5) is 5.69 Å². The summed E-state index contributed by atoms with van der Waals surface area (Å²) >= 11 is 11.4. The molecule has 1 rings (SSSR count). The largest absolute Gasteiger partial charge is 1.00 e. The van der Waals surface area contributed by atoms with Crippen LogP contribution < -0.4 is 22.2 Å². The molecule has 1 aromatic rings. The van der Waals surface area contributed by atoms with E-state index < -0.39 is 0 Å². The Morgan fingerprint density at radius 1 is 1.16 bits per heavy atom. The Kier molecular flexibility index (Phi) is 10.1. The van der Waals surface area contributed by atoms with E-state index in [9.17, 15) is 4.79 Å². The Morgan fingerprint density at radius 3 is 2.16 bits per heavy atom. The van der Waals surface area contributed by atoms with Gasteiger partial charge in [-0.25, -0.2) is 0 Å². The normalized spacial score (nSPS) is 10.1. The molecule has 0 spiro atoms. The summed E-state index contributed by atoms with van der Waals surface area (Å²) in [6.07, 6.45) is 0. The summed E-state index contributed by atoms with van der Waals surface area (Å²) in [5.74, 6) is 1.15. The molecule has 0 bridgehead atoms. The van der Waals surface area contributed by atoms with Crippen molar-refractivity contribution in [2.75, 3.05) is 43.3 Å². The van der Waals surface area contributed by atoms with Gasteiger partial charge in [-0.1, -0.05) is 18.2 Å². The van der Waals surface area contributed by atoms with Crippen molar-refractivity contribution < 1.29 is 22.1 Å². The van der Waals surface area contributed by atoms with Crippen LogP contribution in [0.3, 0.4) is 0 Å². The summed E-state index contributed by atoms with van der Waals surface area (Å²) in [5, 5.41) is 0. The number of hydrogen-bond acceptors (Lipinski definition) is 1. The number of carbonyl (C=O) groups excluding carboxylic acids is 1. The first-order valence-electron chi connectivity index (χ1n) is 5.96. The van der Waals surface area contributed by atoms with Gasteiger partial charge in [-0.15, -0.1) is 23.2 Å². The van der Waals surface area contributed by atoms with Gasteiger partial charge in [0.25, 0.3) is 5.91 Å². The molecule has 0 saturated heterocycles. The molecule has 0 aliphatic rings. The number of alkyl halides is 2. The highest BCUT2D eigenvalue weighted by atomic mass is 35.5. The maximum atomic E-state index is 12.1. The Balaban J connectivity index is 0.00000324. The van der Waals surface area contributed by atoms with E-state index in [-0.39, 0.29) is 18.3 Å². The molecule has 1 amide bonds. The molecule has 1 aromatic carbocycles. The standard InChI is InChI=1S/C13H18Cl2N2O.ClH/c1-16(12-5-3-2-4-6-12)13(18)11-17(9-7-14)10-8-15;/h2-6H,7-11H2,1H3;1H. The maximum Gasteiger partial charge on any atom is 0.281 e. The van der Waals surface area contributed by atoms with Crippen molar-refractivity contribution in [2.45, 2.75) is 0 Å². The van der Waals surface area contributed by atoms with Crippen LogP contribution in [-0.2, 0) is 4.79 Å². The van der Waals surface area contributed by atoms with Crippen molar-refractivity contribution in [3.05, 3.63) is 30.3 Å². The molecule has 0 aliphatic heterocycles. The van der Waals surface area contributed by atoms with Crippen LogP contribution in [0, 0.1) is 0 Å². The third-order valence-corrected chi connectivity index (χ3v) is 3.19. The number of nitrogens with one attached hydrogen (secondary N) is 1. The van der Waals surface area contributed by atoms with Crippen LogP contribution in [0.25, 0.3) is 0 Å². The number of hydrogen-bond donors (Lipinski definition) is 1. The molecule has 108 valence electrons. The van der Waals surface area contributed by atoms with Gasteiger partial charge in [-0.05, 0) is 12.1 Å². The molecular weight excluding hydrogens is 307 g/mol. The van der Waals surface area contributed by atoms with E-state index in [1.807, 2.05) is 30.3 Å². The van der Waals surface area contributed by atoms with E-state index in [1.165, 1.54) is 0 Å². The zero-order chi connectivity index (χ0) is 13.4. The van der Waals surface area contributed by atoms with E-state index in [0.717, 1.165) is 23.7 Å². The topological polar surface area (TPSA) is 24.8 Å². The lowest BCUT2D eigenvalue weighted by Crippen LogP contribution is -3.13. The van der Waals surface area contributed by atoms with Gasteiger partial charge in [-0.2, -0.15) is 0 Å². The quantitative estimate of drug-likeness (QED) is 0.577.